The Balaban J connectivity index is 1.47. The predicted molar refractivity (Wildman–Crippen MR) is 103 cm³/mol. The van der Waals surface area contributed by atoms with Crippen molar-refractivity contribution in [1.29, 1.82) is 0 Å². The first kappa shape index (κ1) is 16.0. The number of halogens is 1. The van der Waals surface area contributed by atoms with Crippen molar-refractivity contribution in [1.82, 2.24) is 10.3 Å². The third-order valence-corrected chi connectivity index (χ3v) is 4.89. The van der Waals surface area contributed by atoms with Crippen LogP contribution in [0.5, 0.6) is 0 Å². The van der Waals surface area contributed by atoms with Gasteiger partial charge >= 0.3 is 0 Å². The molecule has 4 aromatic rings. The van der Waals surface area contributed by atoms with Crippen LogP contribution in [0.15, 0.2) is 57.4 Å². The summed E-state index contributed by atoms with van der Waals surface area (Å²) in [5, 5.41) is 5.07. The zero-order valence-corrected chi connectivity index (χ0v) is 15.3. The average molecular weight is 397 g/mol. The minimum Gasteiger partial charge on any atom is -0.451 e. The van der Waals surface area contributed by atoms with Gasteiger partial charge in [-0.15, -0.1) is 0 Å². The van der Waals surface area contributed by atoms with Gasteiger partial charge in [0.25, 0.3) is 5.91 Å². The van der Waals surface area contributed by atoms with Crippen LogP contribution in [-0.2, 0) is 6.42 Å². The van der Waals surface area contributed by atoms with Crippen molar-refractivity contribution in [3.63, 3.8) is 0 Å². The van der Waals surface area contributed by atoms with E-state index in [1.807, 2.05) is 30.3 Å². The van der Waals surface area contributed by atoms with Gasteiger partial charge in [0.15, 0.2) is 5.76 Å². The number of rotatable bonds is 4. The highest BCUT2D eigenvalue weighted by atomic mass is 79.9. The Morgan fingerprint density at radius 2 is 2.04 bits per heavy atom. The smallest absolute Gasteiger partial charge is 0.287 e. The van der Waals surface area contributed by atoms with Gasteiger partial charge in [0.1, 0.15) is 5.58 Å². The van der Waals surface area contributed by atoms with Crippen molar-refractivity contribution in [2.75, 3.05) is 6.54 Å². The fourth-order valence-corrected chi connectivity index (χ4v) is 3.50. The first-order valence-electron chi connectivity index (χ1n) is 8.15. The molecule has 1 amide bonds. The van der Waals surface area contributed by atoms with Crippen LogP contribution < -0.4 is 5.32 Å². The molecule has 126 valence electrons. The second-order valence-corrected chi connectivity index (χ2v) is 6.99. The lowest BCUT2D eigenvalue weighted by atomic mass is 10.1. The number of benzene rings is 2. The van der Waals surface area contributed by atoms with Crippen molar-refractivity contribution in [3.8, 4) is 0 Å². The number of furan rings is 1. The van der Waals surface area contributed by atoms with E-state index in [1.54, 1.807) is 6.07 Å². The predicted octanol–water partition coefficient (Wildman–Crippen LogP) is 4.96. The molecule has 0 bridgehead atoms. The van der Waals surface area contributed by atoms with Crippen molar-refractivity contribution in [3.05, 3.63) is 70.0 Å². The van der Waals surface area contributed by atoms with Crippen LogP contribution in [0, 0.1) is 6.92 Å². The molecule has 2 aromatic heterocycles. The molecule has 0 spiro atoms. The second kappa shape index (κ2) is 6.41. The fourth-order valence-electron chi connectivity index (χ4n) is 3.16. The van der Waals surface area contributed by atoms with E-state index in [9.17, 15) is 4.79 Å². The number of hydrogen-bond acceptors (Lipinski definition) is 2. The number of H-pyrrole nitrogens is 1. The van der Waals surface area contributed by atoms with Crippen LogP contribution in [0.3, 0.4) is 0 Å². The van der Waals surface area contributed by atoms with E-state index in [1.165, 1.54) is 10.9 Å². The maximum atomic E-state index is 12.4. The summed E-state index contributed by atoms with van der Waals surface area (Å²) >= 11 is 3.41. The summed E-state index contributed by atoms with van der Waals surface area (Å²) in [6.45, 7) is 2.62. The highest BCUT2D eigenvalue weighted by Gasteiger charge is 2.13. The number of aryl methyl sites for hydroxylation is 1. The maximum Gasteiger partial charge on any atom is 0.287 e. The maximum absolute atomic E-state index is 12.4. The summed E-state index contributed by atoms with van der Waals surface area (Å²) in [7, 11) is 0. The molecule has 4 rings (SSSR count). The molecule has 0 aliphatic heterocycles. The van der Waals surface area contributed by atoms with E-state index in [0.29, 0.717) is 17.9 Å². The molecule has 2 heterocycles. The molecule has 2 aromatic carbocycles. The van der Waals surface area contributed by atoms with Crippen molar-refractivity contribution in [2.45, 2.75) is 13.3 Å². The summed E-state index contributed by atoms with van der Waals surface area (Å²) in [5.74, 6) is 0.147. The summed E-state index contributed by atoms with van der Waals surface area (Å²) in [4.78, 5) is 15.7. The molecule has 0 atom stereocenters. The lowest BCUT2D eigenvalue weighted by Gasteiger charge is -2.04. The first-order valence-corrected chi connectivity index (χ1v) is 8.94. The van der Waals surface area contributed by atoms with Crippen LogP contribution in [-0.4, -0.2) is 17.4 Å². The molecular weight excluding hydrogens is 380 g/mol. The molecule has 0 saturated heterocycles. The van der Waals surface area contributed by atoms with E-state index >= 15 is 0 Å². The largest absolute Gasteiger partial charge is 0.451 e. The number of carbonyl (C=O) groups excluding carboxylic acids is 1. The highest BCUT2D eigenvalue weighted by molar-refractivity contribution is 9.10. The molecule has 0 fully saturated rings. The third kappa shape index (κ3) is 3.07. The number of amides is 1. The summed E-state index contributed by atoms with van der Waals surface area (Å²) in [6, 6.07) is 15.7. The average Bonchev–Trinajstić information content (AvgIpc) is 3.15. The lowest BCUT2D eigenvalue weighted by molar-refractivity contribution is 0.0928. The molecule has 0 unspecified atom stereocenters. The van der Waals surface area contributed by atoms with Gasteiger partial charge in [0, 0.05) is 33.0 Å². The van der Waals surface area contributed by atoms with E-state index < -0.39 is 0 Å². The standard InChI is InChI=1S/C20H17BrN2O2/c1-12-15(16-4-2-3-5-17(16)23-12)8-9-22-20(24)19-10-13-6-7-14(21)11-18(13)25-19/h2-7,10-11,23H,8-9H2,1H3,(H,22,24). The summed E-state index contributed by atoms with van der Waals surface area (Å²) < 4.78 is 6.57. The van der Waals surface area contributed by atoms with Crippen LogP contribution in [0.25, 0.3) is 21.9 Å². The molecule has 4 nitrogen and oxygen atoms in total. The van der Waals surface area contributed by atoms with Gasteiger partial charge in [-0.1, -0.05) is 34.1 Å². The SMILES string of the molecule is Cc1[nH]c2ccccc2c1CCNC(=O)c1cc2ccc(Br)cc2o1. The first-order chi connectivity index (χ1) is 12.1. The van der Waals surface area contributed by atoms with Crippen LogP contribution >= 0.6 is 15.9 Å². The Bertz CT molecular complexity index is 1080. The minimum atomic E-state index is -0.190. The zero-order chi connectivity index (χ0) is 17.4. The van der Waals surface area contributed by atoms with Crippen molar-refractivity contribution in [2.24, 2.45) is 0 Å². The molecule has 0 radical (unpaired) electrons. The molecule has 2 N–H and O–H groups in total. The molecule has 25 heavy (non-hydrogen) atoms. The zero-order valence-electron chi connectivity index (χ0n) is 13.7. The number of hydrogen-bond donors (Lipinski definition) is 2. The Morgan fingerprint density at radius 3 is 2.92 bits per heavy atom. The molecule has 5 heteroatoms. The summed E-state index contributed by atoms with van der Waals surface area (Å²) in [6.07, 6.45) is 0.771. The van der Waals surface area contributed by atoms with Gasteiger partial charge < -0.3 is 14.7 Å². The fraction of sp³-hybridized carbons (Fsp3) is 0.150. The second-order valence-electron chi connectivity index (χ2n) is 6.07. The quantitative estimate of drug-likeness (QED) is 0.512. The van der Waals surface area contributed by atoms with Crippen LogP contribution in [0.2, 0.25) is 0 Å². The molecular formula is C20H17BrN2O2. The van der Waals surface area contributed by atoms with Crippen molar-refractivity contribution >= 4 is 43.7 Å². The number of aromatic amines is 1. The number of aromatic nitrogens is 1. The molecule has 0 saturated carbocycles. The van der Waals surface area contributed by atoms with E-state index in [4.69, 9.17) is 4.42 Å². The van der Waals surface area contributed by atoms with Gasteiger partial charge in [-0.25, -0.2) is 0 Å². The minimum absolute atomic E-state index is 0.190. The van der Waals surface area contributed by atoms with Crippen LogP contribution in [0.4, 0.5) is 0 Å². The van der Waals surface area contributed by atoms with Crippen LogP contribution in [0.1, 0.15) is 21.8 Å². The Labute approximate surface area is 153 Å². The molecule has 0 aliphatic carbocycles. The number of nitrogens with one attached hydrogen (secondary N) is 2. The number of fused-ring (bicyclic) bond motifs is 2. The third-order valence-electron chi connectivity index (χ3n) is 4.39. The number of para-hydroxylation sites is 1. The van der Waals surface area contributed by atoms with E-state index in [0.717, 1.165) is 27.5 Å². The van der Waals surface area contributed by atoms with Gasteiger partial charge in [-0.3, -0.25) is 4.79 Å². The van der Waals surface area contributed by atoms with E-state index in [-0.39, 0.29) is 5.91 Å². The topological polar surface area (TPSA) is 58.0 Å². The normalized spacial score (nSPS) is 11.3. The number of carbonyl (C=O) groups is 1. The van der Waals surface area contributed by atoms with Crippen molar-refractivity contribution < 1.29 is 9.21 Å². The Kier molecular flexibility index (Phi) is 4.09. The highest BCUT2D eigenvalue weighted by Crippen LogP contribution is 2.24. The molecule has 0 aliphatic rings. The van der Waals surface area contributed by atoms with Gasteiger partial charge in [0.2, 0.25) is 0 Å². The van der Waals surface area contributed by atoms with Gasteiger partial charge in [0.05, 0.1) is 0 Å². The van der Waals surface area contributed by atoms with Gasteiger partial charge in [-0.2, -0.15) is 0 Å². The lowest BCUT2D eigenvalue weighted by Crippen LogP contribution is -2.25. The van der Waals surface area contributed by atoms with E-state index in [2.05, 4.69) is 45.3 Å². The monoisotopic (exact) mass is 396 g/mol. The van der Waals surface area contributed by atoms with Gasteiger partial charge in [-0.05, 0) is 49.2 Å². The summed E-state index contributed by atoms with van der Waals surface area (Å²) in [5.41, 5.74) is 4.21. The Morgan fingerprint density at radius 1 is 1.20 bits per heavy atom. The Hall–Kier alpha value is -2.53.